The van der Waals surface area contributed by atoms with E-state index in [0.29, 0.717) is 31.3 Å². The number of ether oxygens (including phenoxy) is 1. The van der Waals surface area contributed by atoms with Gasteiger partial charge in [0.25, 0.3) is 5.88 Å². The summed E-state index contributed by atoms with van der Waals surface area (Å²) in [7, 11) is 0. The van der Waals surface area contributed by atoms with Gasteiger partial charge in [-0.15, -0.1) is 0 Å². The highest BCUT2D eigenvalue weighted by molar-refractivity contribution is 5.55. The normalized spacial score (nSPS) is 10.8. The fourth-order valence-electron chi connectivity index (χ4n) is 2.19. The van der Waals surface area contributed by atoms with Gasteiger partial charge in [-0.2, -0.15) is 0 Å². The molecule has 1 N–H and O–H groups in total. The van der Waals surface area contributed by atoms with Crippen molar-refractivity contribution in [3.63, 3.8) is 0 Å². The lowest BCUT2D eigenvalue weighted by Crippen LogP contribution is -2.21. The maximum absolute atomic E-state index is 5.44. The molecule has 24 heavy (non-hydrogen) atoms. The summed E-state index contributed by atoms with van der Waals surface area (Å²) in [5.41, 5.74) is 3.89. The van der Waals surface area contributed by atoms with E-state index in [4.69, 9.17) is 4.74 Å². The minimum Gasteiger partial charge on any atom is -0.473 e. The van der Waals surface area contributed by atoms with Gasteiger partial charge in [-0.3, -0.25) is 0 Å². The molecule has 0 fully saturated rings. The number of aryl methyl sites for hydroxylation is 2. The number of nitrogens with zero attached hydrogens (tertiary/aromatic N) is 4. The predicted molar refractivity (Wildman–Crippen MR) is 88.4 cm³/mol. The maximum Gasteiger partial charge on any atom is 0.278 e. The van der Waals surface area contributed by atoms with Crippen LogP contribution in [0.25, 0.3) is 11.4 Å². The van der Waals surface area contributed by atoms with Gasteiger partial charge >= 0.3 is 0 Å². The molecule has 0 aliphatic heterocycles. The third kappa shape index (κ3) is 4.14. The molecule has 0 aliphatic carbocycles. The smallest absolute Gasteiger partial charge is 0.278 e. The number of hydrogen-bond acceptors (Lipinski definition) is 7. The molecule has 0 unspecified atom stereocenters. The molecule has 0 saturated carbocycles. The third-order valence-electron chi connectivity index (χ3n) is 3.44. The highest BCUT2D eigenvalue weighted by Crippen LogP contribution is 2.15. The van der Waals surface area contributed by atoms with Gasteiger partial charge in [-0.25, -0.2) is 14.6 Å². The Morgan fingerprint density at radius 3 is 2.67 bits per heavy atom. The van der Waals surface area contributed by atoms with Crippen LogP contribution in [0.3, 0.4) is 0 Å². The summed E-state index contributed by atoms with van der Waals surface area (Å²) in [4.78, 5) is 8.86. The van der Waals surface area contributed by atoms with Crippen molar-refractivity contribution in [2.45, 2.75) is 20.4 Å². The van der Waals surface area contributed by atoms with Crippen LogP contribution in [-0.4, -0.2) is 33.4 Å². The zero-order valence-corrected chi connectivity index (χ0v) is 13.7. The minimum absolute atomic E-state index is 0.433. The van der Waals surface area contributed by atoms with Gasteiger partial charge in [0.1, 0.15) is 12.3 Å². The molecule has 0 aliphatic rings. The fourth-order valence-corrected chi connectivity index (χ4v) is 2.19. The largest absolute Gasteiger partial charge is 0.473 e. The first-order valence-corrected chi connectivity index (χ1v) is 7.73. The van der Waals surface area contributed by atoms with Crippen molar-refractivity contribution >= 4 is 0 Å². The SMILES string of the molecule is Cc1cccc(-c2ncc(CNCCOc3nonc3C)cn2)c1. The molecule has 0 atom stereocenters. The van der Waals surface area contributed by atoms with Crippen molar-refractivity contribution < 1.29 is 9.37 Å². The van der Waals surface area contributed by atoms with Crippen LogP contribution in [0.4, 0.5) is 0 Å². The Kier molecular flexibility index (Phi) is 5.12. The van der Waals surface area contributed by atoms with Gasteiger partial charge in [-0.1, -0.05) is 28.9 Å². The number of nitrogens with one attached hydrogen (secondary N) is 1. The van der Waals surface area contributed by atoms with Crippen molar-refractivity contribution in [3.8, 4) is 17.3 Å². The average molecular weight is 325 g/mol. The first-order valence-electron chi connectivity index (χ1n) is 7.73. The van der Waals surface area contributed by atoms with Crippen LogP contribution < -0.4 is 10.1 Å². The second-order valence-corrected chi connectivity index (χ2v) is 5.46. The summed E-state index contributed by atoms with van der Waals surface area (Å²) in [6.07, 6.45) is 3.68. The molecule has 0 saturated heterocycles. The molecule has 7 heteroatoms. The number of hydrogen-bond donors (Lipinski definition) is 1. The van der Waals surface area contributed by atoms with Gasteiger partial charge in [0.05, 0.1) is 0 Å². The van der Waals surface area contributed by atoms with Gasteiger partial charge in [0, 0.05) is 36.6 Å². The van der Waals surface area contributed by atoms with Crippen molar-refractivity contribution in [2.24, 2.45) is 0 Å². The zero-order valence-electron chi connectivity index (χ0n) is 13.7. The lowest BCUT2D eigenvalue weighted by Gasteiger charge is -2.06. The Labute approximate surface area is 140 Å². The Balaban J connectivity index is 1.45. The standard InChI is InChI=1S/C17H19N5O2/c1-12-4-3-5-15(8-12)16-19-10-14(11-20-16)9-18-6-7-23-17-13(2)21-24-22-17/h3-5,8,10-11,18H,6-7,9H2,1-2H3. The lowest BCUT2D eigenvalue weighted by molar-refractivity contribution is 0.255. The minimum atomic E-state index is 0.433. The quantitative estimate of drug-likeness (QED) is 0.667. The second-order valence-electron chi connectivity index (χ2n) is 5.46. The molecule has 0 spiro atoms. The van der Waals surface area contributed by atoms with Crippen LogP contribution in [0.5, 0.6) is 5.88 Å². The Morgan fingerprint density at radius 2 is 1.96 bits per heavy atom. The molecular weight excluding hydrogens is 306 g/mol. The first kappa shape index (κ1) is 16.1. The molecule has 2 heterocycles. The van der Waals surface area contributed by atoms with E-state index >= 15 is 0 Å². The van der Waals surface area contributed by atoms with E-state index in [9.17, 15) is 0 Å². The zero-order chi connectivity index (χ0) is 16.8. The molecular formula is C17H19N5O2. The van der Waals surface area contributed by atoms with Crippen LogP contribution >= 0.6 is 0 Å². The molecule has 0 radical (unpaired) electrons. The topological polar surface area (TPSA) is 86.0 Å². The maximum atomic E-state index is 5.44. The van der Waals surface area contributed by atoms with E-state index in [-0.39, 0.29) is 0 Å². The van der Waals surface area contributed by atoms with Crippen LogP contribution in [0, 0.1) is 13.8 Å². The summed E-state index contributed by atoms with van der Waals surface area (Å²) >= 11 is 0. The van der Waals surface area contributed by atoms with Crippen LogP contribution in [0.15, 0.2) is 41.3 Å². The second kappa shape index (κ2) is 7.65. The van der Waals surface area contributed by atoms with Crippen LogP contribution in [-0.2, 0) is 6.54 Å². The summed E-state index contributed by atoms with van der Waals surface area (Å²) in [5, 5.41) is 10.6. The van der Waals surface area contributed by atoms with E-state index < -0.39 is 0 Å². The molecule has 3 aromatic rings. The Morgan fingerprint density at radius 1 is 1.12 bits per heavy atom. The Hall–Kier alpha value is -2.80. The monoisotopic (exact) mass is 325 g/mol. The number of benzene rings is 1. The molecule has 3 rings (SSSR count). The fraction of sp³-hybridized carbons (Fsp3) is 0.294. The first-order chi connectivity index (χ1) is 11.7. The van der Waals surface area contributed by atoms with E-state index in [2.05, 4.69) is 49.3 Å². The van der Waals surface area contributed by atoms with Gasteiger partial charge in [0.15, 0.2) is 5.82 Å². The summed E-state index contributed by atoms with van der Waals surface area (Å²) in [6, 6.07) is 8.15. The molecule has 7 nitrogen and oxygen atoms in total. The van der Waals surface area contributed by atoms with Crippen molar-refractivity contribution in [1.82, 2.24) is 25.6 Å². The molecule has 0 bridgehead atoms. The Bertz CT molecular complexity index is 786. The number of rotatable bonds is 7. The molecule has 1 aromatic carbocycles. The summed E-state index contributed by atoms with van der Waals surface area (Å²) < 4.78 is 10.0. The van der Waals surface area contributed by atoms with E-state index in [1.165, 1.54) is 5.56 Å². The summed E-state index contributed by atoms with van der Waals surface area (Å²) in [5.74, 6) is 1.17. The molecule has 2 aromatic heterocycles. The van der Waals surface area contributed by atoms with E-state index in [0.717, 1.165) is 17.0 Å². The van der Waals surface area contributed by atoms with Crippen molar-refractivity contribution in [2.75, 3.05) is 13.2 Å². The predicted octanol–water partition coefficient (Wildman–Crippen LogP) is 2.31. The van der Waals surface area contributed by atoms with Crippen LogP contribution in [0.2, 0.25) is 0 Å². The van der Waals surface area contributed by atoms with E-state index in [1.807, 2.05) is 24.5 Å². The highest BCUT2D eigenvalue weighted by Gasteiger charge is 2.05. The van der Waals surface area contributed by atoms with Crippen molar-refractivity contribution in [1.29, 1.82) is 0 Å². The molecule has 0 amide bonds. The van der Waals surface area contributed by atoms with Gasteiger partial charge < -0.3 is 10.1 Å². The van der Waals surface area contributed by atoms with Gasteiger partial charge in [0.2, 0.25) is 0 Å². The number of aromatic nitrogens is 4. The third-order valence-corrected chi connectivity index (χ3v) is 3.44. The van der Waals surface area contributed by atoms with E-state index in [1.54, 1.807) is 6.92 Å². The highest BCUT2D eigenvalue weighted by atomic mass is 16.6. The summed E-state index contributed by atoms with van der Waals surface area (Å²) in [6.45, 7) is 5.67. The van der Waals surface area contributed by atoms with Crippen molar-refractivity contribution in [3.05, 3.63) is 53.5 Å². The average Bonchev–Trinajstić information content (AvgIpc) is 3.00. The molecule has 124 valence electrons. The van der Waals surface area contributed by atoms with Crippen LogP contribution in [0.1, 0.15) is 16.8 Å². The van der Waals surface area contributed by atoms with Gasteiger partial charge in [-0.05, 0) is 25.1 Å². The lowest BCUT2D eigenvalue weighted by atomic mass is 10.1.